The van der Waals surface area contributed by atoms with Gasteiger partial charge in [-0.25, -0.2) is 0 Å². The highest BCUT2D eigenvalue weighted by Gasteiger charge is 2.24. The van der Waals surface area contributed by atoms with Crippen LogP contribution in [0.2, 0.25) is 0 Å². The summed E-state index contributed by atoms with van der Waals surface area (Å²) < 4.78 is 11.6. The smallest absolute Gasteiger partial charge is 0.0622 e. The maximum atomic E-state index is 6.21. The average molecular weight is 276 g/mol. The molecule has 0 unspecified atom stereocenters. The topological polar surface area (TPSA) is 34.6 Å². The molecule has 2 saturated heterocycles. The Kier molecular flexibility index (Phi) is 5.01. The Hall–Kier alpha value is -0.970. The molecule has 3 heterocycles. The zero-order valence-corrected chi connectivity index (χ0v) is 12.0. The van der Waals surface area contributed by atoms with Gasteiger partial charge in [0.25, 0.3) is 0 Å². The summed E-state index contributed by atoms with van der Waals surface area (Å²) in [6.45, 7) is 5.00. The van der Waals surface area contributed by atoms with Gasteiger partial charge in [0, 0.05) is 45.2 Å². The number of aromatic nitrogens is 1. The Bertz CT molecular complexity index is 385. The number of nitrogens with zero attached hydrogens (tertiary/aromatic N) is 2. The third-order valence-corrected chi connectivity index (χ3v) is 4.22. The van der Waals surface area contributed by atoms with Gasteiger partial charge in [0.1, 0.15) is 0 Å². The lowest BCUT2D eigenvalue weighted by atomic mass is 10.1. The van der Waals surface area contributed by atoms with E-state index in [0.717, 1.165) is 58.5 Å². The van der Waals surface area contributed by atoms with Crippen LogP contribution in [0.3, 0.4) is 0 Å². The van der Waals surface area contributed by atoms with Crippen molar-refractivity contribution in [1.82, 2.24) is 9.88 Å². The van der Waals surface area contributed by atoms with Crippen molar-refractivity contribution in [3.05, 3.63) is 30.1 Å². The SMILES string of the molecule is c1cncc(CN2CCC(OC3CCOCC3)CC2)c1. The van der Waals surface area contributed by atoms with Crippen LogP contribution in [0.1, 0.15) is 31.2 Å². The molecule has 0 atom stereocenters. The second-order valence-corrected chi connectivity index (χ2v) is 5.78. The molecule has 4 nitrogen and oxygen atoms in total. The molecule has 0 N–H and O–H groups in total. The summed E-state index contributed by atoms with van der Waals surface area (Å²) in [4.78, 5) is 6.68. The summed E-state index contributed by atoms with van der Waals surface area (Å²) in [5, 5.41) is 0. The number of rotatable bonds is 4. The molecule has 110 valence electrons. The Balaban J connectivity index is 1.40. The number of likely N-dealkylation sites (tertiary alicyclic amines) is 1. The Labute approximate surface area is 121 Å². The molecule has 3 rings (SSSR count). The van der Waals surface area contributed by atoms with E-state index in [1.54, 1.807) is 0 Å². The predicted molar refractivity (Wildman–Crippen MR) is 77.5 cm³/mol. The second-order valence-electron chi connectivity index (χ2n) is 5.78. The summed E-state index contributed by atoms with van der Waals surface area (Å²) in [6, 6.07) is 4.16. The fourth-order valence-corrected chi connectivity index (χ4v) is 3.04. The standard InChI is InChI=1S/C16H24N2O2/c1-2-14(12-17-7-1)13-18-8-3-15(4-9-18)20-16-5-10-19-11-6-16/h1-2,7,12,15-16H,3-6,8-11,13H2. The normalized spacial score (nSPS) is 23.0. The van der Waals surface area contributed by atoms with Crippen LogP contribution in [0.15, 0.2) is 24.5 Å². The van der Waals surface area contributed by atoms with Gasteiger partial charge in [0.05, 0.1) is 12.2 Å². The van der Waals surface area contributed by atoms with Crippen LogP contribution in [0, 0.1) is 0 Å². The van der Waals surface area contributed by atoms with Crippen molar-refractivity contribution in [3.8, 4) is 0 Å². The van der Waals surface area contributed by atoms with Gasteiger partial charge in [-0.05, 0) is 37.3 Å². The van der Waals surface area contributed by atoms with Crippen LogP contribution >= 0.6 is 0 Å². The van der Waals surface area contributed by atoms with E-state index in [9.17, 15) is 0 Å². The van der Waals surface area contributed by atoms with Crippen LogP contribution < -0.4 is 0 Å². The number of hydrogen-bond donors (Lipinski definition) is 0. The summed E-state index contributed by atoms with van der Waals surface area (Å²) in [7, 11) is 0. The zero-order chi connectivity index (χ0) is 13.6. The number of hydrogen-bond acceptors (Lipinski definition) is 4. The molecule has 0 radical (unpaired) electrons. The lowest BCUT2D eigenvalue weighted by Gasteiger charge is -2.34. The summed E-state index contributed by atoms with van der Waals surface area (Å²) in [5.74, 6) is 0. The van der Waals surface area contributed by atoms with Crippen LogP contribution in [0.5, 0.6) is 0 Å². The first-order valence-electron chi connectivity index (χ1n) is 7.74. The van der Waals surface area contributed by atoms with Crippen molar-refractivity contribution in [1.29, 1.82) is 0 Å². The maximum absolute atomic E-state index is 6.21. The molecule has 0 saturated carbocycles. The van der Waals surface area contributed by atoms with E-state index in [1.165, 1.54) is 5.56 Å². The van der Waals surface area contributed by atoms with E-state index in [1.807, 2.05) is 18.5 Å². The van der Waals surface area contributed by atoms with Gasteiger partial charge in [0.2, 0.25) is 0 Å². The molecule has 2 aliphatic rings. The van der Waals surface area contributed by atoms with Crippen molar-refractivity contribution in [3.63, 3.8) is 0 Å². The third-order valence-electron chi connectivity index (χ3n) is 4.22. The highest BCUT2D eigenvalue weighted by Crippen LogP contribution is 2.20. The molecular formula is C16H24N2O2. The Morgan fingerprint density at radius 2 is 1.90 bits per heavy atom. The Morgan fingerprint density at radius 3 is 2.60 bits per heavy atom. The number of ether oxygens (including phenoxy) is 2. The highest BCUT2D eigenvalue weighted by molar-refractivity contribution is 5.08. The van der Waals surface area contributed by atoms with Crippen LogP contribution in [0.25, 0.3) is 0 Å². The number of pyridine rings is 1. The monoisotopic (exact) mass is 276 g/mol. The third kappa shape index (κ3) is 4.01. The average Bonchev–Trinajstić information content (AvgIpc) is 2.51. The van der Waals surface area contributed by atoms with E-state index in [4.69, 9.17) is 9.47 Å². The molecular weight excluding hydrogens is 252 g/mol. The van der Waals surface area contributed by atoms with Crippen molar-refractivity contribution in [2.24, 2.45) is 0 Å². The molecule has 0 aromatic carbocycles. The summed E-state index contributed by atoms with van der Waals surface area (Å²) in [6.07, 6.45) is 9.10. The zero-order valence-electron chi connectivity index (χ0n) is 12.0. The van der Waals surface area contributed by atoms with Gasteiger partial charge in [-0.3, -0.25) is 9.88 Å². The van der Waals surface area contributed by atoms with E-state index in [-0.39, 0.29) is 0 Å². The molecule has 4 heteroatoms. The molecule has 20 heavy (non-hydrogen) atoms. The fourth-order valence-electron chi connectivity index (χ4n) is 3.04. The van der Waals surface area contributed by atoms with Crippen molar-refractivity contribution in [2.75, 3.05) is 26.3 Å². The molecule has 2 aliphatic heterocycles. The quantitative estimate of drug-likeness (QED) is 0.845. The summed E-state index contributed by atoms with van der Waals surface area (Å²) in [5.41, 5.74) is 1.30. The van der Waals surface area contributed by atoms with Gasteiger partial charge < -0.3 is 9.47 Å². The van der Waals surface area contributed by atoms with E-state index in [2.05, 4.69) is 16.0 Å². The van der Waals surface area contributed by atoms with Crippen molar-refractivity contribution >= 4 is 0 Å². The van der Waals surface area contributed by atoms with Gasteiger partial charge in [-0.2, -0.15) is 0 Å². The lowest BCUT2D eigenvalue weighted by molar-refractivity contribution is -0.0851. The van der Waals surface area contributed by atoms with Gasteiger partial charge >= 0.3 is 0 Å². The largest absolute Gasteiger partial charge is 0.381 e. The maximum Gasteiger partial charge on any atom is 0.0622 e. The molecule has 0 amide bonds. The van der Waals surface area contributed by atoms with E-state index in [0.29, 0.717) is 12.2 Å². The molecule has 1 aromatic rings. The molecule has 0 spiro atoms. The molecule has 1 aromatic heterocycles. The van der Waals surface area contributed by atoms with Gasteiger partial charge in [-0.15, -0.1) is 0 Å². The van der Waals surface area contributed by atoms with Crippen LogP contribution in [0.4, 0.5) is 0 Å². The minimum absolute atomic E-state index is 0.429. The van der Waals surface area contributed by atoms with E-state index >= 15 is 0 Å². The molecule has 0 aliphatic carbocycles. The first-order valence-corrected chi connectivity index (χ1v) is 7.74. The van der Waals surface area contributed by atoms with E-state index < -0.39 is 0 Å². The minimum atomic E-state index is 0.429. The molecule has 2 fully saturated rings. The second kappa shape index (κ2) is 7.16. The highest BCUT2D eigenvalue weighted by atomic mass is 16.5. The van der Waals surface area contributed by atoms with Crippen LogP contribution in [-0.2, 0) is 16.0 Å². The fraction of sp³-hybridized carbons (Fsp3) is 0.688. The Morgan fingerprint density at radius 1 is 1.15 bits per heavy atom. The predicted octanol–water partition coefficient (Wildman–Crippen LogP) is 2.24. The van der Waals surface area contributed by atoms with Gasteiger partial charge in [0.15, 0.2) is 0 Å². The first-order chi connectivity index (χ1) is 9.90. The lowest BCUT2D eigenvalue weighted by Crippen LogP contribution is -2.39. The van der Waals surface area contributed by atoms with Crippen LogP contribution in [-0.4, -0.2) is 48.4 Å². The van der Waals surface area contributed by atoms with Gasteiger partial charge in [-0.1, -0.05) is 6.07 Å². The van der Waals surface area contributed by atoms with Crippen molar-refractivity contribution < 1.29 is 9.47 Å². The van der Waals surface area contributed by atoms with Crippen molar-refractivity contribution in [2.45, 2.75) is 44.4 Å². The first kappa shape index (κ1) is 14.0. The minimum Gasteiger partial charge on any atom is -0.381 e. The molecule has 0 bridgehead atoms. The summed E-state index contributed by atoms with van der Waals surface area (Å²) >= 11 is 0. The number of piperidine rings is 1.